The molecule has 0 bridgehead atoms. The Bertz CT molecular complexity index is 671. The first-order chi connectivity index (χ1) is 12.1. The lowest BCUT2D eigenvalue weighted by Gasteiger charge is -2.16. The summed E-state index contributed by atoms with van der Waals surface area (Å²) in [7, 11) is 1.78. The van der Waals surface area contributed by atoms with Gasteiger partial charge in [0.15, 0.2) is 5.96 Å². The van der Waals surface area contributed by atoms with Gasteiger partial charge >= 0.3 is 0 Å². The first-order valence-electron chi connectivity index (χ1n) is 8.70. The summed E-state index contributed by atoms with van der Waals surface area (Å²) in [6, 6.07) is 12.3. The van der Waals surface area contributed by atoms with Crippen molar-refractivity contribution in [3.8, 4) is 0 Å². The lowest BCUT2D eigenvalue weighted by atomic mass is 10.2. The number of aliphatic imine (C=N–C) groups is 1. The monoisotopic (exact) mass is 471 g/mol. The number of halogens is 1. The Morgan fingerprint density at radius 1 is 1.19 bits per heavy atom. The lowest BCUT2D eigenvalue weighted by Crippen LogP contribution is -2.39. The van der Waals surface area contributed by atoms with Gasteiger partial charge in [-0.05, 0) is 31.4 Å². The highest BCUT2D eigenvalue weighted by Gasteiger charge is 2.07. The number of rotatable bonds is 8. The Hall–Kier alpha value is -1.54. The van der Waals surface area contributed by atoms with E-state index in [1.807, 2.05) is 32.0 Å². The predicted octanol–water partition coefficient (Wildman–Crippen LogP) is 4.03. The fourth-order valence-electron chi connectivity index (χ4n) is 2.54. The summed E-state index contributed by atoms with van der Waals surface area (Å²) in [5.41, 5.74) is 2.35. The highest BCUT2D eigenvalue weighted by Crippen LogP contribution is 2.12. The molecule has 1 aromatic carbocycles. The van der Waals surface area contributed by atoms with Crippen molar-refractivity contribution in [3.05, 3.63) is 59.0 Å². The van der Waals surface area contributed by atoms with E-state index in [9.17, 15) is 0 Å². The molecular formula is C20H30IN3O2. The van der Waals surface area contributed by atoms with E-state index >= 15 is 0 Å². The van der Waals surface area contributed by atoms with Crippen molar-refractivity contribution in [1.29, 1.82) is 0 Å². The van der Waals surface area contributed by atoms with Gasteiger partial charge in [0, 0.05) is 25.7 Å². The Kier molecular flexibility index (Phi) is 10.3. The summed E-state index contributed by atoms with van der Waals surface area (Å²) in [5, 5.41) is 6.66. The molecule has 0 amide bonds. The zero-order valence-electron chi connectivity index (χ0n) is 16.0. The highest BCUT2D eigenvalue weighted by molar-refractivity contribution is 14.0. The molecular weight excluding hydrogens is 441 g/mol. The average molecular weight is 471 g/mol. The quantitative estimate of drug-likeness (QED) is 0.347. The molecule has 1 aromatic heterocycles. The number of guanidine groups is 1. The second-order valence-electron chi connectivity index (χ2n) is 6.35. The third-order valence-corrected chi connectivity index (χ3v) is 3.95. The number of hydrogen-bond acceptors (Lipinski definition) is 3. The summed E-state index contributed by atoms with van der Waals surface area (Å²) in [6.07, 6.45) is 0. The molecule has 1 atom stereocenters. The zero-order chi connectivity index (χ0) is 18.1. The second-order valence-corrected chi connectivity index (χ2v) is 6.35. The minimum Gasteiger partial charge on any atom is -0.466 e. The molecule has 2 aromatic rings. The lowest BCUT2D eigenvalue weighted by molar-refractivity contribution is 0.0931. The van der Waals surface area contributed by atoms with E-state index in [0.717, 1.165) is 29.6 Å². The maximum Gasteiger partial charge on any atom is 0.191 e. The van der Waals surface area contributed by atoms with Crippen LogP contribution in [0, 0.1) is 19.8 Å². The first kappa shape index (κ1) is 22.5. The van der Waals surface area contributed by atoms with E-state index < -0.39 is 0 Å². The predicted molar refractivity (Wildman–Crippen MR) is 117 cm³/mol. The van der Waals surface area contributed by atoms with Crippen LogP contribution in [0.1, 0.15) is 29.6 Å². The van der Waals surface area contributed by atoms with Crippen LogP contribution in [0.2, 0.25) is 0 Å². The van der Waals surface area contributed by atoms with Crippen molar-refractivity contribution in [2.45, 2.75) is 33.9 Å². The number of nitrogens with zero attached hydrogens (tertiary/aromatic N) is 1. The standard InChI is InChI=1S/C20H29N3O2.HI/c1-15(13-24-14-18-8-6-5-7-9-18)11-22-20(21-4)23-12-19-10-16(2)25-17(19)3;/h5-10,15H,11-14H2,1-4H3,(H2,21,22,23);1H. The molecule has 0 radical (unpaired) electrons. The maximum absolute atomic E-state index is 5.78. The number of nitrogens with one attached hydrogen (secondary N) is 2. The molecule has 0 aliphatic rings. The highest BCUT2D eigenvalue weighted by atomic mass is 127. The van der Waals surface area contributed by atoms with Crippen LogP contribution in [-0.4, -0.2) is 26.2 Å². The second kappa shape index (κ2) is 12.0. The largest absolute Gasteiger partial charge is 0.466 e. The van der Waals surface area contributed by atoms with Crippen LogP contribution in [0.3, 0.4) is 0 Å². The van der Waals surface area contributed by atoms with Gasteiger partial charge in [0.2, 0.25) is 0 Å². The van der Waals surface area contributed by atoms with Crippen LogP contribution in [0.4, 0.5) is 0 Å². The first-order valence-corrected chi connectivity index (χ1v) is 8.70. The minimum atomic E-state index is 0. The molecule has 5 nitrogen and oxygen atoms in total. The van der Waals surface area contributed by atoms with Crippen LogP contribution in [0.25, 0.3) is 0 Å². The zero-order valence-corrected chi connectivity index (χ0v) is 18.4. The van der Waals surface area contributed by atoms with Crippen molar-refractivity contribution in [2.75, 3.05) is 20.2 Å². The molecule has 26 heavy (non-hydrogen) atoms. The van der Waals surface area contributed by atoms with Gasteiger partial charge in [0.05, 0.1) is 13.2 Å². The molecule has 2 rings (SSSR count). The van der Waals surface area contributed by atoms with E-state index in [1.54, 1.807) is 7.05 Å². The van der Waals surface area contributed by atoms with Gasteiger partial charge < -0.3 is 19.8 Å². The van der Waals surface area contributed by atoms with Crippen LogP contribution in [0.5, 0.6) is 0 Å². The summed E-state index contributed by atoms with van der Waals surface area (Å²) < 4.78 is 11.3. The number of ether oxygens (including phenoxy) is 1. The van der Waals surface area contributed by atoms with E-state index in [0.29, 0.717) is 25.7 Å². The molecule has 1 heterocycles. The molecule has 2 N–H and O–H groups in total. The van der Waals surface area contributed by atoms with Crippen LogP contribution < -0.4 is 10.6 Å². The summed E-state index contributed by atoms with van der Waals surface area (Å²) >= 11 is 0. The van der Waals surface area contributed by atoms with Crippen LogP contribution in [-0.2, 0) is 17.9 Å². The fraction of sp³-hybridized carbons (Fsp3) is 0.450. The Labute approximate surface area is 173 Å². The number of furan rings is 1. The van der Waals surface area contributed by atoms with Gasteiger partial charge in [-0.25, -0.2) is 0 Å². The number of aryl methyl sites for hydroxylation is 2. The van der Waals surface area contributed by atoms with Crippen molar-refractivity contribution >= 4 is 29.9 Å². The molecule has 0 saturated carbocycles. The van der Waals surface area contributed by atoms with Crippen molar-refractivity contribution < 1.29 is 9.15 Å². The van der Waals surface area contributed by atoms with Gasteiger partial charge in [0.25, 0.3) is 0 Å². The third kappa shape index (κ3) is 7.78. The van der Waals surface area contributed by atoms with Crippen LogP contribution >= 0.6 is 24.0 Å². The van der Waals surface area contributed by atoms with Crippen molar-refractivity contribution in [2.24, 2.45) is 10.9 Å². The van der Waals surface area contributed by atoms with Gasteiger partial charge in [-0.2, -0.15) is 0 Å². The van der Waals surface area contributed by atoms with E-state index in [2.05, 4.69) is 40.7 Å². The molecule has 0 aliphatic carbocycles. The van der Waals surface area contributed by atoms with E-state index in [1.165, 1.54) is 5.56 Å². The fourth-order valence-corrected chi connectivity index (χ4v) is 2.54. The Morgan fingerprint density at radius 3 is 2.54 bits per heavy atom. The topological polar surface area (TPSA) is 58.8 Å². The summed E-state index contributed by atoms with van der Waals surface area (Å²) in [4.78, 5) is 4.26. The normalized spacial score (nSPS) is 12.4. The molecule has 0 saturated heterocycles. The number of hydrogen-bond donors (Lipinski definition) is 2. The van der Waals surface area contributed by atoms with Gasteiger partial charge in [0.1, 0.15) is 11.5 Å². The third-order valence-electron chi connectivity index (χ3n) is 3.95. The van der Waals surface area contributed by atoms with Crippen molar-refractivity contribution in [3.63, 3.8) is 0 Å². The molecule has 144 valence electrons. The van der Waals surface area contributed by atoms with Gasteiger partial charge in [-0.1, -0.05) is 37.3 Å². The van der Waals surface area contributed by atoms with Gasteiger partial charge in [-0.15, -0.1) is 24.0 Å². The maximum atomic E-state index is 5.78. The van der Waals surface area contributed by atoms with Crippen molar-refractivity contribution in [1.82, 2.24) is 10.6 Å². The van der Waals surface area contributed by atoms with Crippen LogP contribution in [0.15, 0.2) is 45.8 Å². The molecule has 0 spiro atoms. The molecule has 1 unspecified atom stereocenters. The average Bonchev–Trinajstić information content (AvgIpc) is 2.93. The summed E-state index contributed by atoms with van der Waals surface area (Å²) in [6.45, 7) is 8.96. The number of benzene rings is 1. The Morgan fingerprint density at radius 2 is 1.92 bits per heavy atom. The Balaban J connectivity index is 0.00000338. The van der Waals surface area contributed by atoms with E-state index in [-0.39, 0.29) is 24.0 Å². The molecule has 6 heteroatoms. The molecule has 0 fully saturated rings. The van der Waals surface area contributed by atoms with Gasteiger partial charge in [-0.3, -0.25) is 4.99 Å². The minimum absolute atomic E-state index is 0. The molecule has 0 aliphatic heterocycles. The van der Waals surface area contributed by atoms with E-state index in [4.69, 9.17) is 9.15 Å². The SMILES string of the molecule is CN=C(NCc1cc(C)oc1C)NCC(C)COCc1ccccc1.I. The smallest absolute Gasteiger partial charge is 0.191 e. The summed E-state index contributed by atoms with van der Waals surface area (Å²) in [5.74, 6) is 3.05.